The number of aromatic nitrogens is 2. The van der Waals surface area contributed by atoms with Crippen molar-refractivity contribution in [3.8, 4) is 0 Å². The molecule has 0 aliphatic heterocycles. The smallest absolute Gasteiger partial charge is 0.313 e. The van der Waals surface area contributed by atoms with Crippen molar-refractivity contribution < 1.29 is 13.2 Å². The first-order valence-corrected chi connectivity index (χ1v) is 15.3. The molecule has 1 aromatic rings. The van der Waals surface area contributed by atoms with Crippen molar-refractivity contribution in [3.05, 3.63) is 0 Å². The average Bonchev–Trinajstić information content (AvgIpc) is 3.24. The highest BCUT2D eigenvalue weighted by Crippen LogP contribution is 2.22. The quantitative estimate of drug-likeness (QED) is 0.0823. The Hall–Kier alpha value is -1.55. The zero-order valence-electron chi connectivity index (χ0n) is 21.2. The van der Waals surface area contributed by atoms with Crippen molar-refractivity contribution in [2.24, 2.45) is 10.1 Å². The molecule has 1 aromatic heterocycles. The van der Waals surface area contributed by atoms with Gasteiger partial charge in [0.05, 0.1) is 0 Å². The van der Waals surface area contributed by atoms with Crippen LogP contribution in [0.15, 0.2) is 8.74 Å². The fourth-order valence-corrected chi connectivity index (χ4v) is 5.70. The lowest BCUT2D eigenvalue weighted by Crippen LogP contribution is -2.14. The highest BCUT2D eigenvalue weighted by atomic mass is 32.2. The zero-order valence-corrected chi connectivity index (χ0v) is 22.8. The van der Waals surface area contributed by atoms with Gasteiger partial charge in [0.1, 0.15) is 5.84 Å². The predicted molar refractivity (Wildman–Crippen MR) is 142 cm³/mol. The molecule has 0 bridgehead atoms. The van der Waals surface area contributed by atoms with E-state index in [0.29, 0.717) is 6.42 Å². The SMILES string of the molecule is CCCCCCCCCCCCCCCCCCC/C(N)=N\S(=O)(=O)c1nnc(NC(C)=O)s1. The van der Waals surface area contributed by atoms with Crippen molar-refractivity contribution in [2.75, 3.05) is 5.32 Å². The largest absolute Gasteiger partial charge is 0.386 e. The molecule has 1 heterocycles. The van der Waals surface area contributed by atoms with Gasteiger partial charge in [-0.25, -0.2) is 0 Å². The molecule has 34 heavy (non-hydrogen) atoms. The first kappa shape index (κ1) is 30.5. The highest BCUT2D eigenvalue weighted by Gasteiger charge is 2.20. The maximum atomic E-state index is 12.3. The number of amides is 1. The van der Waals surface area contributed by atoms with E-state index in [2.05, 4.69) is 26.8 Å². The van der Waals surface area contributed by atoms with Crippen LogP contribution in [0, 0.1) is 0 Å². The molecule has 0 radical (unpaired) electrons. The second kappa shape index (κ2) is 18.7. The Kier molecular flexibility index (Phi) is 16.8. The summed E-state index contributed by atoms with van der Waals surface area (Å²) in [5, 5.41) is 9.72. The molecule has 0 atom stereocenters. The molecule has 0 aliphatic carbocycles. The van der Waals surface area contributed by atoms with E-state index in [1.807, 2.05) is 0 Å². The summed E-state index contributed by atoms with van der Waals surface area (Å²) < 4.78 is 27.9. The third kappa shape index (κ3) is 15.4. The van der Waals surface area contributed by atoms with Gasteiger partial charge in [0.15, 0.2) is 0 Å². The number of carbonyl (C=O) groups is 1. The first-order chi connectivity index (χ1) is 16.3. The number of nitrogens with one attached hydrogen (secondary N) is 1. The molecule has 10 heteroatoms. The molecular formula is C24H45N5O3S2. The lowest BCUT2D eigenvalue weighted by atomic mass is 10.0. The number of carbonyl (C=O) groups excluding carboxylic acids is 1. The van der Waals surface area contributed by atoms with Gasteiger partial charge >= 0.3 is 10.0 Å². The third-order valence-corrected chi connectivity index (χ3v) is 8.20. The van der Waals surface area contributed by atoms with Crippen LogP contribution in [0.2, 0.25) is 0 Å². The van der Waals surface area contributed by atoms with Crippen molar-refractivity contribution in [3.63, 3.8) is 0 Å². The van der Waals surface area contributed by atoms with Gasteiger partial charge < -0.3 is 11.1 Å². The maximum absolute atomic E-state index is 12.3. The van der Waals surface area contributed by atoms with Crippen molar-refractivity contribution >= 4 is 38.2 Å². The number of nitrogens with zero attached hydrogens (tertiary/aromatic N) is 3. The van der Waals surface area contributed by atoms with E-state index < -0.39 is 10.0 Å². The van der Waals surface area contributed by atoms with Crippen LogP contribution in [0.5, 0.6) is 0 Å². The Bertz CT molecular complexity index is 809. The summed E-state index contributed by atoms with van der Waals surface area (Å²) in [5.41, 5.74) is 5.81. The van der Waals surface area contributed by atoms with Crippen LogP contribution in [0.25, 0.3) is 0 Å². The Morgan fingerprint density at radius 1 is 0.824 bits per heavy atom. The summed E-state index contributed by atoms with van der Waals surface area (Å²) in [7, 11) is -3.99. The van der Waals surface area contributed by atoms with E-state index in [-0.39, 0.29) is 21.2 Å². The van der Waals surface area contributed by atoms with Crippen molar-refractivity contribution in [1.29, 1.82) is 0 Å². The van der Waals surface area contributed by atoms with E-state index in [9.17, 15) is 13.2 Å². The standard InChI is InChI=1S/C24H45N5O3S2/c1-3-4-5-6-7-8-9-10-11-12-13-14-15-16-17-18-19-20-22(25)29-34(31,32)24-28-27-23(33-24)26-21(2)30/h3-20H2,1-2H3,(H2,25,29)(H,26,27,30). The minimum absolute atomic E-state index is 0.0808. The van der Waals surface area contributed by atoms with E-state index in [1.165, 1.54) is 96.8 Å². The van der Waals surface area contributed by atoms with E-state index in [4.69, 9.17) is 5.73 Å². The number of anilines is 1. The second-order valence-electron chi connectivity index (χ2n) is 9.02. The van der Waals surface area contributed by atoms with Gasteiger partial charge in [0.25, 0.3) is 4.34 Å². The number of hydrogen-bond donors (Lipinski definition) is 2. The van der Waals surface area contributed by atoms with E-state index in [0.717, 1.165) is 30.6 Å². The number of unbranched alkanes of at least 4 members (excludes halogenated alkanes) is 16. The Morgan fingerprint density at radius 2 is 1.26 bits per heavy atom. The van der Waals surface area contributed by atoms with Gasteiger partial charge in [0.2, 0.25) is 11.0 Å². The molecule has 0 saturated heterocycles. The monoisotopic (exact) mass is 515 g/mol. The fourth-order valence-electron chi connectivity index (χ4n) is 3.79. The minimum Gasteiger partial charge on any atom is -0.386 e. The summed E-state index contributed by atoms with van der Waals surface area (Å²) in [4.78, 5) is 11.0. The molecule has 196 valence electrons. The predicted octanol–water partition coefficient (Wildman–Crippen LogP) is 6.58. The molecular weight excluding hydrogens is 470 g/mol. The van der Waals surface area contributed by atoms with Crippen LogP contribution in [0.4, 0.5) is 5.13 Å². The van der Waals surface area contributed by atoms with Crippen LogP contribution in [0.3, 0.4) is 0 Å². The molecule has 0 aromatic carbocycles. The molecule has 0 saturated carbocycles. The van der Waals surface area contributed by atoms with Crippen LogP contribution in [-0.4, -0.2) is 30.4 Å². The van der Waals surface area contributed by atoms with Crippen molar-refractivity contribution in [1.82, 2.24) is 10.2 Å². The molecule has 0 unspecified atom stereocenters. The maximum Gasteiger partial charge on any atom is 0.313 e. The fraction of sp³-hybridized carbons (Fsp3) is 0.833. The Balaban J connectivity index is 2.01. The first-order valence-electron chi connectivity index (χ1n) is 13.1. The molecule has 0 spiro atoms. The molecule has 8 nitrogen and oxygen atoms in total. The summed E-state index contributed by atoms with van der Waals surface area (Å²) in [6, 6.07) is 0. The van der Waals surface area contributed by atoms with Crippen LogP contribution in [-0.2, 0) is 14.8 Å². The zero-order chi connectivity index (χ0) is 25.1. The van der Waals surface area contributed by atoms with Gasteiger partial charge in [-0.15, -0.1) is 14.6 Å². The molecule has 0 aliphatic rings. The summed E-state index contributed by atoms with van der Waals surface area (Å²) in [6.45, 7) is 3.58. The lowest BCUT2D eigenvalue weighted by Gasteiger charge is -2.04. The average molecular weight is 516 g/mol. The van der Waals surface area contributed by atoms with Gasteiger partial charge in [-0.3, -0.25) is 4.79 Å². The Labute approximate surface area is 210 Å². The molecule has 1 amide bonds. The molecule has 1 rings (SSSR count). The topological polar surface area (TPSA) is 127 Å². The van der Waals surface area contributed by atoms with Crippen LogP contribution in [0.1, 0.15) is 129 Å². The minimum atomic E-state index is -3.99. The van der Waals surface area contributed by atoms with Crippen LogP contribution < -0.4 is 11.1 Å². The summed E-state index contributed by atoms with van der Waals surface area (Å²) in [6.07, 6.45) is 22.4. The Morgan fingerprint density at radius 3 is 1.71 bits per heavy atom. The summed E-state index contributed by atoms with van der Waals surface area (Å²) >= 11 is 0.756. The van der Waals surface area contributed by atoms with E-state index >= 15 is 0 Å². The van der Waals surface area contributed by atoms with Gasteiger partial charge in [0, 0.05) is 13.3 Å². The van der Waals surface area contributed by atoms with Gasteiger partial charge in [-0.05, 0) is 6.42 Å². The normalized spacial score (nSPS) is 12.2. The van der Waals surface area contributed by atoms with Gasteiger partial charge in [-0.1, -0.05) is 121 Å². The lowest BCUT2D eigenvalue weighted by molar-refractivity contribution is -0.114. The van der Waals surface area contributed by atoms with E-state index in [1.54, 1.807) is 0 Å². The number of nitrogens with two attached hydrogens (primary N) is 1. The second-order valence-corrected chi connectivity index (χ2v) is 11.8. The number of amidine groups is 1. The summed E-state index contributed by atoms with van der Waals surface area (Å²) in [5.74, 6) is -0.265. The molecule has 3 N–H and O–H groups in total. The van der Waals surface area contributed by atoms with Gasteiger partial charge in [-0.2, -0.15) is 8.42 Å². The number of hydrogen-bond acceptors (Lipinski definition) is 6. The number of sulfonamides is 1. The third-order valence-electron chi connectivity index (χ3n) is 5.68. The highest BCUT2D eigenvalue weighted by molar-refractivity contribution is 7.92. The number of rotatable bonds is 21. The molecule has 0 fully saturated rings. The van der Waals surface area contributed by atoms with Crippen LogP contribution >= 0.6 is 11.3 Å². The van der Waals surface area contributed by atoms with Crippen molar-refractivity contribution in [2.45, 2.75) is 134 Å².